The topological polar surface area (TPSA) is 66.6 Å². The predicted octanol–water partition coefficient (Wildman–Crippen LogP) is 6.14. The van der Waals surface area contributed by atoms with Gasteiger partial charge in [-0.05, 0) is 72.6 Å². The first-order valence-electron chi connectivity index (χ1n) is 13.5. The molecule has 200 valence electrons. The molecule has 0 bridgehead atoms. The van der Waals surface area contributed by atoms with Crippen LogP contribution >= 0.6 is 0 Å². The van der Waals surface area contributed by atoms with E-state index in [0.717, 1.165) is 55.5 Å². The normalized spacial score (nSPS) is 15.7. The van der Waals surface area contributed by atoms with Crippen LogP contribution in [0.5, 0.6) is 5.75 Å². The number of nitrogens with zero attached hydrogens (tertiary/aromatic N) is 1. The van der Waals surface area contributed by atoms with Crippen molar-refractivity contribution < 1.29 is 14.0 Å². The van der Waals surface area contributed by atoms with Crippen LogP contribution in [-0.4, -0.2) is 56.9 Å². The van der Waals surface area contributed by atoms with E-state index < -0.39 is 8.32 Å². The number of ether oxygens (including phenoxy) is 1. The van der Waals surface area contributed by atoms with E-state index in [9.17, 15) is 4.79 Å². The van der Waals surface area contributed by atoms with Crippen molar-refractivity contribution in [3.05, 3.63) is 65.4 Å². The first-order chi connectivity index (χ1) is 17.6. The molecule has 6 nitrogen and oxygen atoms in total. The van der Waals surface area contributed by atoms with Crippen LogP contribution in [0.2, 0.25) is 18.1 Å². The summed E-state index contributed by atoms with van der Waals surface area (Å²) in [6.07, 6.45) is 4.75. The Balaban J connectivity index is 1.30. The van der Waals surface area contributed by atoms with Crippen LogP contribution < -0.4 is 10.1 Å². The van der Waals surface area contributed by atoms with Crippen molar-refractivity contribution in [2.24, 2.45) is 0 Å². The molecule has 1 aliphatic heterocycles. The highest BCUT2D eigenvalue weighted by atomic mass is 28.4. The molecule has 1 amide bonds. The Bertz CT molecular complexity index is 1210. The Morgan fingerprint density at radius 2 is 1.89 bits per heavy atom. The predicted molar refractivity (Wildman–Crippen MR) is 154 cm³/mol. The highest BCUT2D eigenvalue weighted by Crippen LogP contribution is 2.37. The van der Waals surface area contributed by atoms with E-state index in [1.165, 1.54) is 11.1 Å². The largest absolute Gasteiger partial charge is 0.496 e. The molecule has 3 aromatic rings. The molecule has 4 rings (SSSR count). The van der Waals surface area contributed by atoms with E-state index in [2.05, 4.69) is 67.3 Å². The van der Waals surface area contributed by atoms with Crippen molar-refractivity contribution >= 4 is 25.1 Å². The van der Waals surface area contributed by atoms with E-state index in [-0.39, 0.29) is 17.0 Å². The van der Waals surface area contributed by atoms with Gasteiger partial charge in [0, 0.05) is 48.5 Å². The molecule has 37 heavy (non-hydrogen) atoms. The molecule has 1 aromatic heterocycles. The molecular formula is C30H43N3O3Si. The van der Waals surface area contributed by atoms with Crippen LogP contribution in [0.25, 0.3) is 10.9 Å². The molecule has 0 saturated carbocycles. The number of carbonyl (C=O) groups is 1. The fourth-order valence-corrected chi connectivity index (χ4v) is 5.67. The van der Waals surface area contributed by atoms with Gasteiger partial charge in [0.2, 0.25) is 0 Å². The number of amides is 1. The summed E-state index contributed by atoms with van der Waals surface area (Å²) in [7, 11) is -0.0878. The second kappa shape index (κ2) is 11.4. The van der Waals surface area contributed by atoms with Crippen LogP contribution in [0.1, 0.15) is 55.1 Å². The Labute approximate surface area is 222 Å². The molecule has 1 aliphatic rings. The quantitative estimate of drug-likeness (QED) is 0.332. The zero-order valence-electron chi connectivity index (χ0n) is 23.3. The molecule has 0 spiro atoms. The SMILES string of the molecule is COc1cccc(CO[Si](C)(C)C(C)(C)C)c1CCN1CCC(NC(=O)c2ccc3cc[nH]c3c2)CC1. The van der Waals surface area contributed by atoms with E-state index in [0.29, 0.717) is 12.2 Å². The molecule has 1 fully saturated rings. The van der Waals surface area contributed by atoms with Crippen molar-refractivity contribution in [3.8, 4) is 5.75 Å². The van der Waals surface area contributed by atoms with Crippen LogP contribution in [-0.2, 0) is 17.5 Å². The molecule has 0 radical (unpaired) electrons. The number of benzene rings is 2. The molecule has 0 unspecified atom stereocenters. The number of rotatable bonds is 9. The minimum Gasteiger partial charge on any atom is -0.496 e. The second-order valence-electron chi connectivity index (χ2n) is 11.8. The number of likely N-dealkylation sites (tertiary alicyclic amines) is 1. The van der Waals surface area contributed by atoms with Crippen LogP contribution in [0.3, 0.4) is 0 Å². The van der Waals surface area contributed by atoms with E-state index in [1.54, 1.807) is 7.11 Å². The first kappa shape index (κ1) is 27.4. The zero-order valence-corrected chi connectivity index (χ0v) is 24.3. The smallest absolute Gasteiger partial charge is 0.251 e. The summed E-state index contributed by atoms with van der Waals surface area (Å²) in [5, 5.41) is 4.55. The number of fused-ring (bicyclic) bond motifs is 1. The third-order valence-corrected chi connectivity index (χ3v) is 12.7. The number of H-pyrrole nitrogens is 1. The maximum Gasteiger partial charge on any atom is 0.251 e. The average Bonchev–Trinajstić information content (AvgIpc) is 3.34. The molecule has 0 aliphatic carbocycles. The maximum atomic E-state index is 12.8. The van der Waals surface area contributed by atoms with Crippen molar-refractivity contribution in [1.82, 2.24) is 15.2 Å². The second-order valence-corrected chi connectivity index (χ2v) is 16.6. The molecule has 2 heterocycles. The Kier molecular flexibility index (Phi) is 8.46. The summed E-state index contributed by atoms with van der Waals surface area (Å²) in [5.41, 5.74) is 4.18. The fourth-order valence-electron chi connectivity index (χ4n) is 4.72. The number of hydrogen-bond acceptors (Lipinski definition) is 4. The molecule has 7 heteroatoms. The van der Waals surface area contributed by atoms with Gasteiger partial charge in [0.25, 0.3) is 5.91 Å². The lowest BCUT2D eigenvalue weighted by Gasteiger charge is -2.36. The lowest BCUT2D eigenvalue weighted by atomic mass is 10.0. The van der Waals surface area contributed by atoms with Gasteiger partial charge in [-0.15, -0.1) is 0 Å². The average molecular weight is 522 g/mol. The third kappa shape index (κ3) is 6.64. The van der Waals surface area contributed by atoms with E-state index in [1.807, 2.05) is 30.5 Å². The number of aromatic nitrogens is 1. The first-order valence-corrected chi connectivity index (χ1v) is 16.4. The maximum absolute atomic E-state index is 12.8. The molecule has 0 atom stereocenters. The van der Waals surface area contributed by atoms with Crippen LogP contribution in [0.15, 0.2) is 48.7 Å². The fraction of sp³-hybridized carbons (Fsp3) is 0.500. The van der Waals surface area contributed by atoms with Gasteiger partial charge in [-0.2, -0.15) is 0 Å². The Morgan fingerprint density at radius 3 is 2.59 bits per heavy atom. The lowest BCUT2D eigenvalue weighted by molar-refractivity contribution is 0.0911. The number of hydrogen-bond donors (Lipinski definition) is 2. The Morgan fingerprint density at radius 1 is 1.14 bits per heavy atom. The summed E-state index contributed by atoms with van der Waals surface area (Å²) in [5.74, 6) is 0.952. The molecule has 2 N–H and O–H groups in total. The highest BCUT2D eigenvalue weighted by molar-refractivity contribution is 6.74. The lowest BCUT2D eigenvalue weighted by Crippen LogP contribution is -2.45. The van der Waals surface area contributed by atoms with Gasteiger partial charge >= 0.3 is 0 Å². The van der Waals surface area contributed by atoms with Crippen LogP contribution in [0, 0.1) is 0 Å². The number of methoxy groups -OCH3 is 1. The summed E-state index contributed by atoms with van der Waals surface area (Å²) in [6, 6.07) is 14.3. The number of nitrogens with one attached hydrogen (secondary N) is 2. The van der Waals surface area contributed by atoms with Gasteiger partial charge in [0.1, 0.15) is 5.75 Å². The number of aromatic amines is 1. The summed E-state index contributed by atoms with van der Waals surface area (Å²) >= 11 is 0. The molecule has 1 saturated heterocycles. The minimum atomic E-state index is -1.84. The van der Waals surface area contributed by atoms with E-state index in [4.69, 9.17) is 9.16 Å². The summed E-state index contributed by atoms with van der Waals surface area (Å²) in [6.45, 7) is 15.0. The van der Waals surface area contributed by atoms with Gasteiger partial charge in [0.15, 0.2) is 8.32 Å². The minimum absolute atomic E-state index is 0.00958. The molecule has 2 aromatic carbocycles. The summed E-state index contributed by atoms with van der Waals surface area (Å²) in [4.78, 5) is 18.5. The van der Waals surface area contributed by atoms with Gasteiger partial charge in [0.05, 0.1) is 13.7 Å². The number of carbonyl (C=O) groups excluding carboxylic acids is 1. The third-order valence-electron chi connectivity index (χ3n) is 8.26. The molecular weight excluding hydrogens is 478 g/mol. The monoisotopic (exact) mass is 521 g/mol. The van der Waals surface area contributed by atoms with E-state index >= 15 is 0 Å². The van der Waals surface area contributed by atoms with Crippen molar-refractivity contribution in [3.63, 3.8) is 0 Å². The van der Waals surface area contributed by atoms with Gasteiger partial charge in [-0.25, -0.2) is 0 Å². The van der Waals surface area contributed by atoms with Gasteiger partial charge < -0.3 is 24.4 Å². The number of piperidine rings is 1. The standard InChI is InChI=1S/C30H43N3O3Si/c1-30(2,3)37(5,6)36-21-24-8-7-9-28(35-4)26(24)15-19-33-17-13-25(14-18-33)32-29(34)23-11-10-22-12-16-31-27(22)20-23/h7-12,16,20,25,31H,13-15,17-19,21H2,1-6H3,(H,32,34). The highest BCUT2D eigenvalue weighted by Gasteiger charge is 2.37. The Hall–Kier alpha value is -2.61. The summed E-state index contributed by atoms with van der Waals surface area (Å²) < 4.78 is 12.3. The van der Waals surface area contributed by atoms with Crippen molar-refractivity contribution in [2.75, 3.05) is 26.7 Å². The van der Waals surface area contributed by atoms with Crippen molar-refractivity contribution in [2.45, 2.75) is 70.8 Å². The van der Waals surface area contributed by atoms with Crippen molar-refractivity contribution in [1.29, 1.82) is 0 Å². The van der Waals surface area contributed by atoms with Crippen LogP contribution in [0.4, 0.5) is 0 Å². The zero-order chi connectivity index (χ0) is 26.6. The van der Waals surface area contributed by atoms with Gasteiger partial charge in [-0.3, -0.25) is 4.79 Å². The van der Waals surface area contributed by atoms with Gasteiger partial charge in [-0.1, -0.05) is 39.0 Å².